The Bertz CT molecular complexity index is 95.5. The summed E-state index contributed by atoms with van der Waals surface area (Å²) in [4.78, 5) is 10.2. The predicted molar refractivity (Wildman–Crippen MR) is 42.2 cm³/mol. The van der Waals surface area contributed by atoms with E-state index >= 15 is 0 Å². The molecule has 66 valence electrons. The Morgan fingerprint density at radius 2 is 1.64 bits per heavy atom. The van der Waals surface area contributed by atoms with Crippen LogP contribution in [0.2, 0.25) is 0 Å². The van der Waals surface area contributed by atoms with Crippen molar-refractivity contribution in [2.75, 3.05) is 7.11 Å². The van der Waals surface area contributed by atoms with Gasteiger partial charge in [0.2, 0.25) is 0 Å². The summed E-state index contributed by atoms with van der Waals surface area (Å²) in [5.41, 5.74) is 0. The molecule has 1 rings (SSSR count). The molecule has 0 aromatic carbocycles. The smallest absolute Gasteiger partial charge is 0.123 e. The van der Waals surface area contributed by atoms with Gasteiger partial charge in [0.05, 0.1) is 6.10 Å². The molecule has 0 unspecified atom stereocenters. The van der Waals surface area contributed by atoms with Gasteiger partial charge in [-0.2, -0.15) is 0 Å². The molecule has 0 bridgehead atoms. The Morgan fingerprint density at radius 3 is 2.00 bits per heavy atom. The van der Waals surface area contributed by atoms with Crippen LogP contribution in [0.4, 0.5) is 0 Å². The fourth-order valence-electron chi connectivity index (χ4n) is 1.24. The lowest BCUT2D eigenvalue weighted by molar-refractivity contribution is -0.112. The van der Waals surface area contributed by atoms with Gasteiger partial charge in [-0.3, -0.25) is 0 Å². The van der Waals surface area contributed by atoms with Crippen molar-refractivity contribution >= 4 is 6.29 Å². The maximum Gasteiger partial charge on any atom is 0.123 e. The number of carbonyl (C=O) groups is 1. The third-order valence-corrected chi connectivity index (χ3v) is 1.93. The minimum absolute atomic E-state index is 0.138. The summed E-state index contributed by atoms with van der Waals surface area (Å²) in [6.07, 6.45) is 4.25. The molecule has 1 aliphatic carbocycles. The van der Waals surface area contributed by atoms with Gasteiger partial charge in [-0.15, -0.1) is 0 Å². The second-order valence-corrected chi connectivity index (χ2v) is 2.70. The summed E-state index contributed by atoms with van der Waals surface area (Å²) in [7, 11) is 1.00. The standard InChI is InChI=1S/C7H12O2.CH4O/c8-5-6-1-3-7(9)4-2-6;1-2/h5-7,9H,1-4H2;2H,1H3. The summed E-state index contributed by atoms with van der Waals surface area (Å²) in [5.74, 6) is 0.230. The fourth-order valence-corrected chi connectivity index (χ4v) is 1.24. The second kappa shape index (κ2) is 6.31. The summed E-state index contributed by atoms with van der Waals surface area (Å²) >= 11 is 0. The van der Waals surface area contributed by atoms with Crippen LogP contribution in [0.15, 0.2) is 0 Å². The van der Waals surface area contributed by atoms with E-state index in [-0.39, 0.29) is 12.0 Å². The third-order valence-electron chi connectivity index (χ3n) is 1.93. The quantitative estimate of drug-likeness (QED) is 0.544. The van der Waals surface area contributed by atoms with Crippen molar-refractivity contribution in [1.29, 1.82) is 0 Å². The van der Waals surface area contributed by atoms with E-state index < -0.39 is 0 Å². The van der Waals surface area contributed by atoms with Crippen LogP contribution in [-0.4, -0.2) is 29.7 Å². The van der Waals surface area contributed by atoms with Crippen molar-refractivity contribution in [2.24, 2.45) is 5.92 Å². The van der Waals surface area contributed by atoms with E-state index in [9.17, 15) is 4.79 Å². The monoisotopic (exact) mass is 160 g/mol. The first-order chi connectivity index (χ1) is 5.33. The first-order valence-corrected chi connectivity index (χ1v) is 3.91. The van der Waals surface area contributed by atoms with E-state index in [1.807, 2.05) is 0 Å². The first kappa shape index (κ1) is 10.6. The molecule has 1 saturated carbocycles. The van der Waals surface area contributed by atoms with Gasteiger partial charge >= 0.3 is 0 Å². The van der Waals surface area contributed by atoms with Gasteiger partial charge < -0.3 is 15.0 Å². The number of hydrogen-bond acceptors (Lipinski definition) is 3. The lowest BCUT2D eigenvalue weighted by Gasteiger charge is -2.20. The lowest BCUT2D eigenvalue weighted by atomic mass is 9.89. The average molecular weight is 160 g/mol. The molecule has 0 heterocycles. The van der Waals surface area contributed by atoms with Crippen LogP contribution >= 0.6 is 0 Å². The molecule has 0 spiro atoms. The molecule has 0 amide bonds. The molecule has 1 fully saturated rings. The molecule has 2 N–H and O–H groups in total. The van der Waals surface area contributed by atoms with Crippen molar-refractivity contribution in [3.05, 3.63) is 0 Å². The normalized spacial score (nSPS) is 30.1. The Balaban J connectivity index is 0.000000461. The molecule has 0 aromatic rings. The maximum absolute atomic E-state index is 10.2. The summed E-state index contributed by atoms with van der Waals surface area (Å²) in [6.45, 7) is 0. The van der Waals surface area contributed by atoms with Gasteiger partial charge in [0.15, 0.2) is 0 Å². The SMILES string of the molecule is CO.O=CC1CCC(O)CC1. The van der Waals surface area contributed by atoms with Crippen molar-refractivity contribution in [3.63, 3.8) is 0 Å². The highest BCUT2D eigenvalue weighted by Crippen LogP contribution is 2.21. The van der Waals surface area contributed by atoms with Crippen LogP contribution < -0.4 is 0 Å². The molecule has 0 aliphatic heterocycles. The average Bonchev–Trinajstić information content (AvgIpc) is 2.10. The van der Waals surface area contributed by atoms with Crippen LogP contribution in [0.5, 0.6) is 0 Å². The molecule has 3 heteroatoms. The largest absolute Gasteiger partial charge is 0.400 e. The molecule has 0 aromatic heterocycles. The van der Waals surface area contributed by atoms with Gasteiger partial charge in [0.1, 0.15) is 6.29 Å². The minimum atomic E-state index is -0.138. The number of hydrogen-bond donors (Lipinski definition) is 2. The molecule has 0 saturated heterocycles. The van der Waals surface area contributed by atoms with E-state index in [1.54, 1.807) is 0 Å². The molecular formula is C8H16O3. The molecule has 11 heavy (non-hydrogen) atoms. The highest BCUT2D eigenvalue weighted by atomic mass is 16.3. The van der Waals surface area contributed by atoms with Crippen molar-refractivity contribution < 1.29 is 15.0 Å². The first-order valence-electron chi connectivity index (χ1n) is 3.91. The molecular weight excluding hydrogens is 144 g/mol. The molecule has 1 aliphatic rings. The maximum atomic E-state index is 10.2. The highest BCUT2D eigenvalue weighted by Gasteiger charge is 2.17. The molecule has 0 atom stereocenters. The lowest BCUT2D eigenvalue weighted by Crippen LogP contribution is -2.18. The highest BCUT2D eigenvalue weighted by molar-refractivity contribution is 5.53. The zero-order valence-corrected chi connectivity index (χ0v) is 6.86. The summed E-state index contributed by atoms with van der Waals surface area (Å²) in [5, 5.41) is 16.0. The van der Waals surface area contributed by atoms with Crippen molar-refractivity contribution in [2.45, 2.75) is 31.8 Å². The third kappa shape index (κ3) is 4.11. The fraction of sp³-hybridized carbons (Fsp3) is 0.875. The topological polar surface area (TPSA) is 57.5 Å². The number of aldehydes is 1. The molecule has 3 nitrogen and oxygen atoms in total. The Kier molecular flexibility index (Phi) is 6.07. The second-order valence-electron chi connectivity index (χ2n) is 2.70. The zero-order chi connectivity index (χ0) is 8.69. The van der Waals surface area contributed by atoms with Crippen LogP contribution in [0.1, 0.15) is 25.7 Å². The Hall–Kier alpha value is -0.410. The van der Waals surface area contributed by atoms with Gasteiger partial charge in [-0.1, -0.05) is 0 Å². The van der Waals surface area contributed by atoms with E-state index in [0.29, 0.717) is 0 Å². The number of rotatable bonds is 1. The van der Waals surface area contributed by atoms with Crippen LogP contribution in [0, 0.1) is 5.92 Å². The van der Waals surface area contributed by atoms with Gasteiger partial charge in [-0.05, 0) is 25.7 Å². The predicted octanol–water partition coefficient (Wildman–Crippen LogP) is 0.345. The van der Waals surface area contributed by atoms with Crippen LogP contribution in [0.3, 0.4) is 0 Å². The zero-order valence-electron chi connectivity index (χ0n) is 6.86. The number of aliphatic hydroxyl groups is 2. The van der Waals surface area contributed by atoms with Crippen LogP contribution in [0.25, 0.3) is 0 Å². The number of carbonyl (C=O) groups excluding carboxylic acids is 1. The Morgan fingerprint density at radius 1 is 1.18 bits per heavy atom. The Labute approximate surface area is 67.0 Å². The summed E-state index contributed by atoms with van der Waals surface area (Å²) in [6, 6.07) is 0. The van der Waals surface area contributed by atoms with E-state index in [1.165, 1.54) is 0 Å². The summed E-state index contributed by atoms with van der Waals surface area (Å²) < 4.78 is 0. The van der Waals surface area contributed by atoms with Crippen molar-refractivity contribution in [3.8, 4) is 0 Å². The van der Waals surface area contributed by atoms with Crippen molar-refractivity contribution in [1.82, 2.24) is 0 Å². The van der Waals surface area contributed by atoms with Gasteiger partial charge in [0.25, 0.3) is 0 Å². The molecule has 0 radical (unpaired) electrons. The van der Waals surface area contributed by atoms with E-state index in [2.05, 4.69) is 0 Å². The van der Waals surface area contributed by atoms with E-state index in [4.69, 9.17) is 10.2 Å². The van der Waals surface area contributed by atoms with Crippen LogP contribution in [-0.2, 0) is 4.79 Å². The number of aliphatic hydroxyl groups excluding tert-OH is 2. The van der Waals surface area contributed by atoms with E-state index in [0.717, 1.165) is 39.1 Å². The van der Waals surface area contributed by atoms with Gasteiger partial charge in [-0.25, -0.2) is 0 Å². The van der Waals surface area contributed by atoms with Gasteiger partial charge in [0, 0.05) is 13.0 Å². The minimum Gasteiger partial charge on any atom is -0.400 e.